The van der Waals surface area contributed by atoms with E-state index in [0.717, 1.165) is 28.0 Å². The number of oxime groups is 1. The fourth-order valence-corrected chi connectivity index (χ4v) is 8.73. The van der Waals surface area contributed by atoms with Gasteiger partial charge < -0.3 is 25.4 Å². The van der Waals surface area contributed by atoms with E-state index in [9.17, 15) is 24.0 Å². The Morgan fingerprint density at radius 1 is 0.933 bits per heavy atom. The quantitative estimate of drug-likeness (QED) is 0.0352. The number of nitrogens with one attached hydrogen (secondary N) is 1. The maximum atomic E-state index is 14.4. The fourth-order valence-electron chi connectivity index (χ4n) is 6.87. The molecule has 2 atom stereocenters. The predicted molar refractivity (Wildman–Crippen MR) is 223 cm³/mol. The van der Waals surface area contributed by atoms with Gasteiger partial charge in [0.2, 0.25) is 12.4 Å². The number of allylic oxidation sites excluding steroid dienone is 1. The van der Waals surface area contributed by atoms with E-state index in [4.69, 9.17) is 24.9 Å². The summed E-state index contributed by atoms with van der Waals surface area (Å²) >= 11 is 2.37. The van der Waals surface area contributed by atoms with Crippen LogP contribution in [0, 0.1) is 5.41 Å². The topological polar surface area (TPSA) is 192 Å². The minimum atomic E-state index is -1.34. The number of carbonyl (C=O) groups excluding carboxylic acids is 5. The van der Waals surface area contributed by atoms with Crippen LogP contribution >= 0.6 is 23.1 Å². The molecule has 0 spiro atoms. The number of nitrogens with two attached hydrogens (primary N) is 1. The number of thiazole rings is 1. The number of hydroxylamine groups is 2. The van der Waals surface area contributed by atoms with Crippen LogP contribution in [-0.2, 0) is 48.7 Å². The van der Waals surface area contributed by atoms with Crippen molar-refractivity contribution in [1.29, 1.82) is 0 Å². The number of aromatic nitrogens is 1. The molecule has 3 aromatic carbocycles. The van der Waals surface area contributed by atoms with Crippen LogP contribution in [-0.4, -0.2) is 87.9 Å². The molecule has 17 heteroatoms. The van der Waals surface area contributed by atoms with Gasteiger partial charge in [0.15, 0.2) is 10.8 Å². The summed E-state index contributed by atoms with van der Waals surface area (Å²) in [6, 6.07) is 27.3. The van der Waals surface area contributed by atoms with E-state index in [1.165, 1.54) is 28.8 Å². The molecule has 4 aromatic rings. The first-order valence-electron chi connectivity index (χ1n) is 18.9. The number of nitrogens with zero attached hydrogens (tertiary/aromatic N) is 4. The number of amides is 3. The molecule has 0 radical (unpaired) electrons. The van der Waals surface area contributed by atoms with E-state index in [2.05, 4.69) is 15.5 Å². The van der Waals surface area contributed by atoms with Crippen molar-refractivity contribution in [1.82, 2.24) is 20.3 Å². The minimum absolute atomic E-state index is 0.118. The van der Waals surface area contributed by atoms with Crippen molar-refractivity contribution in [3.63, 3.8) is 0 Å². The molecule has 60 heavy (non-hydrogen) atoms. The molecule has 3 amide bonds. The zero-order valence-electron chi connectivity index (χ0n) is 33.2. The van der Waals surface area contributed by atoms with Crippen molar-refractivity contribution in [2.45, 2.75) is 44.2 Å². The molecule has 0 bridgehead atoms. The lowest BCUT2D eigenvalue weighted by molar-refractivity contribution is -0.173. The van der Waals surface area contributed by atoms with Crippen LogP contribution in [0.15, 0.2) is 124 Å². The van der Waals surface area contributed by atoms with Crippen LogP contribution in [0.25, 0.3) is 0 Å². The summed E-state index contributed by atoms with van der Waals surface area (Å²) in [5.41, 5.74) is 6.47. The predicted octanol–water partition coefficient (Wildman–Crippen LogP) is 4.90. The number of rotatable bonds is 13. The molecular weight excluding hydrogens is 809 g/mol. The van der Waals surface area contributed by atoms with Crippen LogP contribution in [0.2, 0.25) is 0 Å². The van der Waals surface area contributed by atoms with Crippen molar-refractivity contribution in [2.24, 2.45) is 10.6 Å². The van der Waals surface area contributed by atoms with E-state index in [0.29, 0.717) is 24.1 Å². The summed E-state index contributed by atoms with van der Waals surface area (Å²) in [5.74, 6) is -3.17. The van der Waals surface area contributed by atoms with Gasteiger partial charge in [0.1, 0.15) is 22.8 Å². The van der Waals surface area contributed by atoms with Gasteiger partial charge in [-0.3, -0.25) is 28.9 Å². The number of thioether (sulfide) groups is 1. The highest BCUT2D eigenvalue weighted by Crippen LogP contribution is 2.43. The first-order chi connectivity index (χ1) is 28.8. The third-order valence-corrected chi connectivity index (χ3v) is 11.9. The maximum absolute atomic E-state index is 14.4. The lowest BCUT2D eigenvalue weighted by Crippen LogP contribution is -2.71. The highest BCUT2D eigenvalue weighted by atomic mass is 32.2. The average Bonchev–Trinajstić information content (AvgIpc) is 3.85. The molecular formula is C43H42N6O9S2. The smallest absolute Gasteiger partial charge is 0.358 e. The minimum Gasteiger partial charge on any atom is -0.427 e. The van der Waals surface area contributed by atoms with E-state index in [1.54, 1.807) is 32.2 Å². The van der Waals surface area contributed by atoms with Crippen molar-refractivity contribution in [2.75, 3.05) is 31.9 Å². The zero-order valence-corrected chi connectivity index (χ0v) is 34.8. The molecule has 1 aromatic heterocycles. The molecule has 2 unspecified atom stereocenters. The number of anilines is 1. The van der Waals surface area contributed by atoms with Crippen molar-refractivity contribution >= 4 is 63.6 Å². The molecule has 2 fully saturated rings. The normalized spacial score (nSPS) is 18.9. The largest absolute Gasteiger partial charge is 0.427 e. The number of esters is 2. The molecule has 0 saturated carbocycles. The standard InChI is InChI=1S/C43H42N6O9S2/c1-42(2,3)40(54)57-25-56-39(53)34-27(22-26-20-21-48(55-4)36(26)51)23-59-38-33(37(52)49(34)38)46-35(50)32(31-24-60-41(44)45-31)47-58-43(28-14-8-5-9-15-28,29-16-10-6-11-17-29)30-18-12-7-13-19-30/h5-19,22,24,33,38H,20-21,23,25H2,1-4H3,(H2,44,45)(H,46,50). The SMILES string of the molecule is CON1CCC(=CC2=C(C(=O)OCOC(=O)C(C)(C)C)N3C(=O)C(NC(=O)C(=NOC(c4ccccc4)(c4ccccc4)c4ccccc4)c4csc(N)n4)C3SC2)C1=O. The number of carbonyl (C=O) groups is 5. The van der Waals surface area contributed by atoms with E-state index in [-0.39, 0.29) is 33.9 Å². The number of benzene rings is 3. The van der Waals surface area contributed by atoms with Gasteiger partial charge in [-0.15, -0.1) is 23.1 Å². The Bertz CT molecular complexity index is 2280. The highest BCUT2D eigenvalue weighted by Gasteiger charge is 2.55. The average molecular weight is 851 g/mol. The molecule has 3 N–H and O–H groups in total. The first kappa shape index (κ1) is 41.8. The zero-order chi connectivity index (χ0) is 42.6. The van der Waals surface area contributed by atoms with E-state index < -0.39 is 53.0 Å². The lowest BCUT2D eigenvalue weighted by atomic mass is 9.80. The number of β-lactam (4-membered cyclic amide) rings is 1. The van der Waals surface area contributed by atoms with Gasteiger partial charge in [-0.25, -0.2) is 14.8 Å². The Hall–Kier alpha value is -6.30. The number of hydrogen-bond acceptors (Lipinski definition) is 14. The molecule has 3 aliphatic rings. The molecule has 0 aliphatic carbocycles. The van der Waals surface area contributed by atoms with Crippen molar-refractivity contribution in [3.8, 4) is 0 Å². The van der Waals surface area contributed by atoms with Gasteiger partial charge in [0.25, 0.3) is 17.7 Å². The molecule has 310 valence electrons. The molecule has 3 aliphatic heterocycles. The van der Waals surface area contributed by atoms with Gasteiger partial charge in [-0.2, -0.15) is 0 Å². The maximum Gasteiger partial charge on any atom is 0.358 e. The lowest BCUT2D eigenvalue weighted by Gasteiger charge is -2.49. The van der Waals surface area contributed by atoms with Crippen molar-refractivity contribution < 1.29 is 43.1 Å². The summed E-state index contributed by atoms with van der Waals surface area (Å²) in [6.07, 6.45) is 1.89. The van der Waals surface area contributed by atoms with E-state index in [1.807, 2.05) is 91.0 Å². The molecule has 2 saturated heterocycles. The summed E-state index contributed by atoms with van der Waals surface area (Å²) in [7, 11) is 1.38. The van der Waals surface area contributed by atoms with Gasteiger partial charge >= 0.3 is 11.9 Å². The fraction of sp³-hybridized carbons (Fsp3) is 0.279. The summed E-state index contributed by atoms with van der Waals surface area (Å²) in [5, 5.41) is 9.50. The second-order valence-electron chi connectivity index (χ2n) is 14.9. The van der Waals surface area contributed by atoms with Gasteiger partial charge in [-0.1, -0.05) is 96.2 Å². The highest BCUT2D eigenvalue weighted by molar-refractivity contribution is 8.00. The molecule has 15 nitrogen and oxygen atoms in total. The van der Waals surface area contributed by atoms with Gasteiger partial charge in [-0.05, 0) is 38.8 Å². The van der Waals surface area contributed by atoms with Gasteiger partial charge in [0, 0.05) is 33.4 Å². The summed E-state index contributed by atoms with van der Waals surface area (Å²) in [6.45, 7) is 4.57. The Kier molecular flexibility index (Phi) is 12.2. The monoisotopic (exact) mass is 850 g/mol. The van der Waals surface area contributed by atoms with Crippen LogP contribution in [0.1, 0.15) is 49.6 Å². The third kappa shape index (κ3) is 8.28. The van der Waals surface area contributed by atoms with Gasteiger partial charge in [0.05, 0.1) is 19.1 Å². The molecule has 4 heterocycles. The molecule has 7 rings (SSSR count). The number of hydrogen-bond donors (Lipinski definition) is 2. The Morgan fingerprint density at radius 2 is 1.53 bits per heavy atom. The van der Waals surface area contributed by atoms with Crippen LogP contribution in [0.3, 0.4) is 0 Å². The Morgan fingerprint density at radius 3 is 2.05 bits per heavy atom. The second kappa shape index (κ2) is 17.5. The number of ether oxygens (including phenoxy) is 2. The number of fused-ring (bicyclic) bond motifs is 1. The van der Waals surface area contributed by atoms with Crippen molar-refractivity contribution in [3.05, 3.63) is 142 Å². The van der Waals surface area contributed by atoms with Crippen LogP contribution < -0.4 is 11.1 Å². The first-order valence-corrected chi connectivity index (χ1v) is 20.8. The van der Waals surface area contributed by atoms with Crippen LogP contribution in [0.5, 0.6) is 0 Å². The Balaban J connectivity index is 1.21. The third-order valence-electron chi connectivity index (χ3n) is 9.92. The second-order valence-corrected chi connectivity index (χ2v) is 16.9. The van der Waals surface area contributed by atoms with E-state index >= 15 is 0 Å². The summed E-state index contributed by atoms with van der Waals surface area (Å²) < 4.78 is 10.5. The van der Waals surface area contributed by atoms with Crippen LogP contribution in [0.4, 0.5) is 5.13 Å². The Labute approximate surface area is 354 Å². The summed E-state index contributed by atoms with van der Waals surface area (Å²) in [4.78, 5) is 84.9. The number of nitrogen functional groups attached to an aromatic ring is 1.